The first kappa shape index (κ1) is 21.8. The number of nitrogens with one attached hydrogen (secondary N) is 2. The van der Waals surface area contributed by atoms with Crippen LogP contribution in [-0.4, -0.2) is 80.6 Å². The second-order valence-corrected chi connectivity index (χ2v) is 9.12. The van der Waals surface area contributed by atoms with Crippen molar-refractivity contribution in [2.75, 3.05) is 6.54 Å². The Labute approximate surface area is 184 Å². The number of aliphatic imine (C=N–C) groups is 2. The molecule has 12 heteroatoms. The monoisotopic (exact) mass is 445 g/mol. The summed E-state index contributed by atoms with van der Waals surface area (Å²) in [6.45, 7) is 5.18. The van der Waals surface area contributed by atoms with Crippen molar-refractivity contribution in [3.8, 4) is 0 Å². The maximum absolute atomic E-state index is 13.0. The number of nitrogens with zero attached hydrogens (tertiary/aromatic N) is 3. The average Bonchev–Trinajstić information content (AvgIpc) is 3.16. The van der Waals surface area contributed by atoms with Gasteiger partial charge in [0.25, 0.3) is 0 Å². The van der Waals surface area contributed by atoms with E-state index in [-0.39, 0.29) is 24.0 Å². The number of aliphatic hydroxyl groups is 2. The molecule has 0 radical (unpaired) electrons. The van der Waals surface area contributed by atoms with Crippen LogP contribution in [0.2, 0.25) is 0 Å². The van der Waals surface area contributed by atoms with Gasteiger partial charge in [0.15, 0.2) is 29.7 Å². The first-order valence-electron chi connectivity index (χ1n) is 10.1. The molecule has 3 heterocycles. The van der Waals surface area contributed by atoms with Crippen LogP contribution < -0.4 is 22.1 Å². The van der Waals surface area contributed by atoms with E-state index >= 15 is 0 Å². The smallest absolute Gasteiger partial charge is 0.338 e. The molecule has 1 aromatic rings. The van der Waals surface area contributed by atoms with Crippen molar-refractivity contribution in [3.05, 3.63) is 35.9 Å². The van der Waals surface area contributed by atoms with Gasteiger partial charge in [-0.15, -0.1) is 0 Å². The fourth-order valence-electron chi connectivity index (χ4n) is 4.36. The standard InChI is InChI=1S/C20H27N7O5/c1-18(2,3)25-14(28)12-13-19(26-16(21)24-13)20(30,31)11(9-27(19)17(22)23-12)32-15(29)10-7-5-4-6-8-10/h4-8,11-13,30-31H,9H2,1-3H3,(H2,22,23)(H,25,28)(H3,21,24,26)/t11-,12+,13-,19-/m0/s1. The molecule has 1 amide bonds. The Hall–Kier alpha value is -3.38. The van der Waals surface area contributed by atoms with Crippen LogP contribution in [0.1, 0.15) is 31.1 Å². The summed E-state index contributed by atoms with van der Waals surface area (Å²) in [5, 5.41) is 28.1. The first-order valence-corrected chi connectivity index (χ1v) is 10.1. The van der Waals surface area contributed by atoms with E-state index in [0.717, 1.165) is 0 Å². The van der Waals surface area contributed by atoms with Crippen molar-refractivity contribution in [1.82, 2.24) is 15.5 Å². The Morgan fingerprint density at radius 2 is 1.88 bits per heavy atom. The molecule has 32 heavy (non-hydrogen) atoms. The van der Waals surface area contributed by atoms with E-state index in [1.54, 1.807) is 51.1 Å². The Morgan fingerprint density at radius 3 is 2.50 bits per heavy atom. The van der Waals surface area contributed by atoms with Crippen LogP contribution in [0.5, 0.6) is 0 Å². The minimum Gasteiger partial charge on any atom is -0.451 e. The summed E-state index contributed by atoms with van der Waals surface area (Å²) in [6.07, 6.45) is -1.44. The quantitative estimate of drug-likeness (QED) is 0.222. The highest BCUT2D eigenvalue weighted by Gasteiger charge is 2.75. The molecular formula is C20H27N7O5. The van der Waals surface area contributed by atoms with Crippen LogP contribution in [0.15, 0.2) is 40.3 Å². The second-order valence-electron chi connectivity index (χ2n) is 9.12. The van der Waals surface area contributed by atoms with Gasteiger partial charge in [-0.1, -0.05) is 18.2 Å². The highest BCUT2D eigenvalue weighted by molar-refractivity contribution is 5.94. The van der Waals surface area contributed by atoms with Gasteiger partial charge in [-0.3, -0.25) is 4.79 Å². The van der Waals surface area contributed by atoms with Crippen LogP contribution in [0.25, 0.3) is 0 Å². The number of carbonyl (C=O) groups excluding carboxylic acids is 2. The van der Waals surface area contributed by atoms with E-state index in [4.69, 9.17) is 16.2 Å². The number of amides is 1. The molecule has 1 aromatic carbocycles. The van der Waals surface area contributed by atoms with E-state index in [2.05, 4.69) is 20.6 Å². The summed E-state index contributed by atoms with van der Waals surface area (Å²) < 4.78 is 5.44. The van der Waals surface area contributed by atoms with E-state index < -0.39 is 47.1 Å². The van der Waals surface area contributed by atoms with Gasteiger partial charge in [0.2, 0.25) is 11.7 Å². The predicted octanol–water partition coefficient (Wildman–Crippen LogP) is -2.20. The lowest BCUT2D eigenvalue weighted by atomic mass is 9.85. The highest BCUT2D eigenvalue weighted by atomic mass is 16.6. The number of guanidine groups is 2. The van der Waals surface area contributed by atoms with Gasteiger partial charge in [-0.05, 0) is 32.9 Å². The SMILES string of the molecule is CC(C)(C)NC(=O)[C@@H]1N=C(N)N2C[C@H](OC(=O)c3ccccc3)C(O)(O)[C@@]23NC(N)=N[C@@H]13. The molecule has 8 N–H and O–H groups in total. The largest absolute Gasteiger partial charge is 0.451 e. The number of esters is 1. The summed E-state index contributed by atoms with van der Waals surface area (Å²) in [6, 6.07) is 5.80. The molecular weight excluding hydrogens is 418 g/mol. The molecule has 1 spiro atoms. The van der Waals surface area contributed by atoms with Crippen LogP contribution in [0, 0.1) is 0 Å². The maximum atomic E-state index is 13.0. The molecule has 1 fully saturated rings. The van der Waals surface area contributed by atoms with Gasteiger partial charge >= 0.3 is 5.97 Å². The topological polar surface area (TPSA) is 188 Å². The van der Waals surface area contributed by atoms with Gasteiger partial charge in [0.1, 0.15) is 6.04 Å². The fraction of sp³-hybridized carbons (Fsp3) is 0.500. The Balaban J connectivity index is 1.69. The molecule has 4 rings (SSSR count). The molecule has 172 valence electrons. The number of ether oxygens (including phenoxy) is 1. The summed E-state index contributed by atoms with van der Waals surface area (Å²) in [7, 11) is 0. The van der Waals surface area contributed by atoms with Gasteiger partial charge in [0.05, 0.1) is 12.1 Å². The van der Waals surface area contributed by atoms with Gasteiger partial charge in [-0.2, -0.15) is 0 Å². The van der Waals surface area contributed by atoms with Crippen molar-refractivity contribution in [2.45, 2.75) is 55.9 Å². The third kappa shape index (κ3) is 3.22. The Bertz CT molecular complexity index is 1000. The molecule has 0 aliphatic carbocycles. The zero-order valence-electron chi connectivity index (χ0n) is 17.9. The molecule has 1 saturated heterocycles. The first-order chi connectivity index (χ1) is 14.9. The molecule has 4 atom stereocenters. The van der Waals surface area contributed by atoms with E-state index in [9.17, 15) is 19.8 Å². The van der Waals surface area contributed by atoms with E-state index in [1.165, 1.54) is 4.90 Å². The van der Waals surface area contributed by atoms with Crippen LogP contribution in [-0.2, 0) is 9.53 Å². The van der Waals surface area contributed by atoms with Gasteiger partial charge < -0.3 is 42.0 Å². The molecule has 0 bridgehead atoms. The molecule has 12 nitrogen and oxygen atoms in total. The van der Waals surface area contributed by atoms with Gasteiger partial charge in [0, 0.05) is 5.54 Å². The minimum atomic E-state index is -2.71. The number of nitrogens with two attached hydrogens (primary N) is 2. The third-order valence-electron chi connectivity index (χ3n) is 5.68. The molecule has 0 saturated carbocycles. The summed E-state index contributed by atoms with van der Waals surface area (Å²) in [5.74, 6) is -4.24. The van der Waals surface area contributed by atoms with Crippen molar-refractivity contribution < 1.29 is 24.5 Å². The second kappa shape index (κ2) is 7.07. The lowest BCUT2D eigenvalue weighted by Crippen LogP contribution is -2.78. The number of benzene rings is 1. The normalized spacial score (nSPS) is 30.4. The van der Waals surface area contributed by atoms with Crippen molar-refractivity contribution in [1.29, 1.82) is 0 Å². The number of rotatable bonds is 3. The number of carbonyl (C=O) groups is 2. The van der Waals surface area contributed by atoms with Gasteiger partial charge in [-0.25, -0.2) is 14.8 Å². The lowest BCUT2D eigenvalue weighted by molar-refractivity contribution is -0.256. The Morgan fingerprint density at radius 1 is 1.22 bits per heavy atom. The zero-order valence-corrected chi connectivity index (χ0v) is 17.9. The predicted molar refractivity (Wildman–Crippen MR) is 114 cm³/mol. The fourth-order valence-corrected chi connectivity index (χ4v) is 4.36. The summed E-state index contributed by atoms with van der Waals surface area (Å²) >= 11 is 0. The number of hydrogen-bond donors (Lipinski definition) is 6. The van der Waals surface area contributed by atoms with Crippen LogP contribution >= 0.6 is 0 Å². The summed E-state index contributed by atoms with van der Waals surface area (Å²) in [5.41, 5.74) is 9.84. The van der Waals surface area contributed by atoms with Crippen molar-refractivity contribution in [3.63, 3.8) is 0 Å². The van der Waals surface area contributed by atoms with Crippen LogP contribution in [0.4, 0.5) is 0 Å². The maximum Gasteiger partial charge on any atom is 0.338 e. The zero-order chi connectivity index (χ0) is 23.5. The molecule has 3 aliphatic rings. The molecule has 0 unspecified atom stereocenters. The van der Waals surface area contributed by atoms with E-state index in [0.29, 0.717) is 0 Å². The minimum absolute atomic E-state index is 0.124. The number of hydrogen-bond acceptors (Lipinski definition) is 11. The summed E-state index contributed by atoms with van der Waals surface area (Å²) in [4.78, 5) is 35.4. The third-order valence-corrected chi connectivity index (χ3v) is 5.68. The highest BCUT2D eigenvalue weighted by Crippen LogP contribution is 2.45. The van der Waals surface area contributed by atoms with Crippen molar-refractivity contribution >= 4 is 23.8 Å². The van der Waals surface area contributed by atoms with E-state index in [1.807, 2.05) is 0 Å². The average molecular weight is 445 g/mol. The van der Waals surface area contributed by atoms with Crippen molar-refractivity contribution in [2.24, 2.45) is 21.5 Å². The Kier molecular flexibility index (Phi) is 4.82. The molecule has 0 aromatic heterocycles. The van der Waals surface area contributed by atoms with Crippen LogP contribution in [0.3, 0.4) is 0 Å². The molecule has 3 aliphatic heterocycles. The lowest BCUT2D eigenvalue weighted by Gasteiger charge is -2.48.